The van der Waals surface area contributed by atoms with Crippen LogP contribution in [-0.2, 0) is 4.74 Å². The number of amides is 1. The van der Waals surface area contributed by atoms with Crippen LogP contribution in [0, 0.1) is 0 Å². The zero-order valence-corrected chi connectivity index (χ0v) is 12.7. The Labute approximate surface area is 137 Å². The maximum absolute atomic E-state index is 12.3. The highest BCUT2D eigenvalue weighted by Crippen LogP contribution is 2.13. The van der Waals surface area contributed by atoms with E-state index >= 15 is 0 Å². The second-order valence-corrected chi connectivity index (χ2v) is 4.79. The van der Waals surface area contributed by atoms with Crippen molar-refractivity contribution in [3.8, 4) is 5.82 Å². The monoisotopic (exact) mass is 323 g/mol. The van der Waals surface area contributed by atoms with E-state index in [0.29, 0.717) is 22.6 Å². The number of hydrogen-bond acceptors (Lipinski definition) is 6. The first kappa shape index (κ1) is 15.3. The van der Waals surface area contributed by atoms with Crippen LogP contribution >= 0.6 is 0 Å². The second kappa shape index (κ2) is 6.69. The van der Waals surface area contributed by atoms with Gasteiger partial charge in [-0.15, -0.1) is 10.2 Å². The maximum atomic E-state index is 12.3. The fourth-order valence-electron chi connectivity index (χ4n) is 2.03. The highest BCUT2D eigenvalue weighted by atomic mass is 16.5. The number of rotatable bonds is 4. The minimum absolute atomic E-state index is 0.294. The molecule has 0 atom stereocenters. The van der Waals surface area contributed by atoms with Gasteiger partial charge in [0, 0.05) is 17.4 Å². The molecule has 2 heterocycles. The van der Waals surface area contributed by atoms with Crippen molar-refractivity contribution in [2.75, 3.05) is 12.4 Å². The Morgan fingerprint density at radius 1 is 1.04 bits per heavy atom. The quantitative estimate of drug-likeness (QED) is 0.734. The van der Waals surface area contributed by atoms with E-state index in [1.807, 2.05) is 0 Å². The number of carbonyl (C=O) groups excluding carboxylic acids is 2. The lowest BCUT2D eigenvalue weighted by molar-refractivity contribution is 0.0600. The van der Waals surface area contributed by atoms with Crippen LogP contribution in [0.15, 0.2) is 55.2 Å². The van der Waals surface area contributed by atoms with Crippen molar-refractivity contribution in [2.45, 2.75) is 0 Å². The number of anilines is 1. The Balaban J connectivity index is 1.75. The molecule has 2 aromatic heterocycles. The number of esters is 1. The first-order chi connectivity index (χ1) is 11.7. The molecular weight excluding hydrogens is 310 g/mol. The molecule has 0 spiro atoms. The van der Waals surface area contributed by atoms with Crippen molar-refractivity contribution in [2.24, 2.45) is 0 Å². The summed E-state index contributed by atoms with van der Waals surface area (Å²) in [6.45, 7) is 0. The summed E-state index contributed by atoms with van der Waals surface area (Å²) in [6.07, 6.45) is 4.52. The van der Waals surface area contributed by atoms with E-state index in [9.17, 15) is 9.59 Å². The van der Waals surface area contributed by atoms with Crippen LogP contribution in [-0.4, -0.2) is 38.7 Å². The Kier molecular flexibility index (Phi) is 4.28. The molecule has 24 heavy (non-hydrogen) atoms. The number of methoxy groups -OCH3 is 1. The second-order valence-electron chi connectivity index (χ2n) is 4.79. The highest BCUT2D eigenvalue weighted by molar-refractivity contribution is 6.04. The molecule has 0 saturated heterocycles. The van der Waals surface area contributed by atoms with E-state index in [1.165, 1.54) is 26.0 Å². The normalized spacial score (nSPS) is 10.2. The summed E-state index contributed by atoms with van der Waals surface area (Å²) in [5.41, 5.74) is 1.41. The fraction of sp³-hybridized carbons (Fsp3) is 0.0625. The first-order valence-corrected chi connectivity index (χ1v) is 6.98. The molecule has 0 saturated carbocycles. The lowest BCUT2D eigenvalue weighted by atomic mass is 10.2. The van der Waals surface area contributed by atoms with Crippen molar-refractivity contribution < 1.29 is 14.3 Å². The van der Waals surface area contributed by atoms with Gasteiger partial charge >= 0.3 is 5.97 Å². The van der Waals surface area contributed by atoms with Gasteiger partial charge in [0.1, 0.15) is 18.5 Å². The number of carbonyl (C=O) groups is 2. The molecular formula is C16H13N5O3. The molecule has 0 fully saturated rings. The molecule has 1 N–H and O–H groups in total. The van der Waals surface area contributed by atoms with Crippen LogP contribution < -0.4 is 5.32 Å². The minimum atomic E-state index is -0.430. The zero-order chi connectivity index (χ0) is 16.9. The molecule has 1 aromatic carbocycles. The standard InChI is InChI=1S/C16H13N5O3/c1-24-16(23)11-2-4-13(5-3-11)20-15(22)12-6-7-17-14(8-12)21-9-18-19-10-21/h2-10H,1H3,(H,20,22). The number of nitrogens with one attached hydrogen (secondary N) is 1. The zero-order valence-electron chi connectivity index (χ0n) is 12.7. The molecule has 8 nitrogen and oxygen atoms in total. The molecule has 3 aromatic rings. The first-order valence-electron chi connectivity index (χ1n) is 6.98. The molecule has 1 amide bonds. The Morgan fingerprint density at radius 2 is 1.75 bits per heavy atom. The van der Waals surface area contributed by atoms with Crippen molar-refractivity contribution in [1.82, 2.24) is 19.7 Å². The fourth-order valence-corrected chi connectivity index (χ4v) is 2.03. The van der Waals surface area contributed by atoms with Gasteiger partial charge in [-0.3, -0.25) is 9.36 Å². The summed E-state index contributed by atoms with van der Waals surface area (Å²) in [7, 11) is 1.31. The predicted molar refractivity (Wildman–Crippen MR) is 84.9 cm³/mol. The van der Waals surface area contributed by atoms with Gasteiger partial charge in [0.15, 0.2) is 0 Å². The number of aromatic nitrogens is 4. The molecule has 0 unspecified atom stereocenters. The van der Waals surface area contributed by atoms with Crippen LogP contribution in [0.4, 0.5) is 5.69 Å². The van der Waals surface area contributed by atoms with E-state index in [1.54, 1.807) is 41.0 Å². The van der Waals surface area contributed by atoms with E-state index in [2.05, 4.69) is 25.2 Å². The number of ether oxygens (including phenoxy) is 1. The van der Waals surface area contributed by atoms with E-state index in [4.69, 9.17) is 0 Å². The van der Waals surface area contributed by atoms with Gasteiger partial charge in [0.2, 0.25) is 0 Å². The Bertz CT molecular complexity index is 860. The third-order valence-electron chi connectivity index (χ3n) is 3.25. The molecule has 0 bridgehead atoms. The number of benzene rings is 1. The summed E-state index contributed by atoms with van der Waals surface area (Å²) in [5.74, 6) is -0.188. The average molecular weight is 323 g/mol. The highest BCUT2D eigenvalue weighted by Gasteiger charge is 2.10. The molecule has 120 valence electrons. The van der Waals surface area contributed by atoms with Gasteiger partial charge in [0.25, 0.3) is 5.91 Å². The lowest BCUT2D eigenvalue weighted by Gasteiger charge is -2.07. The van der Waals surface area contributed by atoms with Crippen LogP contribution in [0.5, 0.6) is 0 Å². The molecule has 0 aliphatic rings. The largest absolute Gasteiger partial charge is 0.465 e. The van der Waals surface area contributed by atoms with Crippen LogP contribution in [0.2, 0.25) is 0 Å². The molecule has 0 aliphatic heterocycles. The van der Waals surface area contributed by atoms with E-state index < -0.39 is 5.97 Å². The average Bonchev–Trinajstić information content (AvgIpc) is 3.16. The van der Waals surface area contributed by atoms with Crippen molar-refractivity contribution in [3.63, 3.8) is 0 Å². The summed E-state index contributed by atoms with van der Waals surface area (Å²) in [6, 6.07) is 9.65. The topological polar surface area (TPSA) is 99.0 Å². The third-order valence-corrected chi connectivity index (χ3v) is 3.25. The van der Waals surface area contributed by atoms with Gasteiger partial charge in [-0.25, -0.2) is 9.78 Å². The predicted octanol–water partition coefficient (Wildman–Crippen LogP) is 1.70. The van der Waals surface area contributed by atoms with E-state index in [0.717, 1.165) is 0 Å². The smallest absolute Gasteiger partial charge is 0.337 e. The SMILES string of the molecule is COC(=O)c1ccc(NC(=O)c2ccnc(-n3cnnc3)c2)cc1. The van der Waals surface area contributed by atoms with E-state index in [-0.39, 0.29) is 5.91 Å². The number of nitrogens with zero attached hydrogens (tertiary/aromatic N) is 4. The molecule has 8 heteroatoms. The summed E-state index contributed by atoms with van der Waals surface area (Å²) in [4.78, 5) is 27.9. The maximum Gasteiger partial charge on any atom is 0.337 e. The number of pyridine rings is 1. The Hall–Kier alpha value is -3.55. The van der Waals surface area contributed by atoms with Gasteiger partial charge < -0.3 is 10.1 Å². The van der Waals surface area contributed by atoms with Crippen molar-refractivity contribution in [3.05, 3.63) is 66.4 Å². The number of hydrogen-bond donors (Lipinski definition) is 1. The van der Waals surface area contributed by atoms with Crippen LogP contribution in [0.3, 0.4) is 0 Å². The summed E-state index contributed by atoms with van der Waals surface area (Å²) >= 11 is 0. The summed E-state index contributed by atoms with van der Waals surface area (Å²) in [5, 5.41) is 10.2. The van der Waals surface area contributed by atoms with Gasteiger partial charge in [-0.05, 0) is 36.4 Å². The molecule has 3 rings (SSSR count). The minimum Gasteiger partial charge on any atom is -0.465 e. The van der Waals surface area contributed by atoms with Crippen molar-refractivity contribution >= 4 is 17.6 Å². The molecule has 0 radical (unpaired) electrons. The third kappa shape index (κ3) is 3.27. The lowest BCUT2D eigenvalue weighted by Crippen LogP contribution is -2.13. The summed E-state index contributed by atoms with van der Waals surface area (Å²) < 4.78 is 6.23. The van der Waals surface area contributed by atoms with Crippen LogP contribution in [0.1, 0.15) is 20.7 Å². The van der Waals surface area contributed by atoms with Crippen molar-refractivity contribution in [1.29, 1.82) is 0 Å². The van der Waals surface area contributed by atoms with Gasteiger partial charge in [-0.1, -0.05) is 0 Å². The Morgan fingerprint density at radius 3 is 2.42 bits per heavy atom. The van der Waals surface area contributed by atoms with Crippen LogP contribution in [0.25, 0.3) is 5.82 Å². The van der Waals surface area contributed by atoms with Gasteiger partial charge in [-0.2, -0.15) is 0 Å². The molecule has 0 aliphatic carbocycles. The van der Waals surface area contributed by atoms with Gasteiger partial charge in [0.05, 0.1) is 12.7 Å².